The molecule has 3 heteroatoms. The first kappa shape index (κ1) is 13.2. The van der Waals surface area contributed by atoms with Crippen molar-refractivity contribution in [2.24, 2.45) is 0 Å². The molecule has 0 bridgehead atoms. The highest BCUT2D eigenvalue weighted by Crippen LogP contribution is 2.07. The Hall–Kier alpha value is -0.830. The van der Waals surface area contributed by atoms with E-state index in [-0.39, 0.29) is 5.91 Å². The molecule has 16 heavy (non-hydrogen) atoms. The van der Waals surface area contributed by atoms with Gasteiger partial charge in [0, 0.05) is 13.1 Å². The molecule has 0 saturated heterocycles. The smallest absolute Gasteiger partial charge is 0.233 e. The Bertz CT molecular complexity index is 313. The summed E-state index contributed by atoms with van der Waals surface area (Å²) in [5.41, 5.74) is 1.19. The third-order valence-corrected chi connectivity index (χ3v) is 2.94. The summed E-state index contributed by atoms with van der Waals surface area (Å²) in [7, 11) is 0. The Morgan fingerprint density at radius 3 is 2.56 bits per heavy atom. The van der Waals surface area contributed by atoms with Gasteiger partial charge in [-0.05, 0) is 12.0 Å². The molecule has 0 heterocycles. The Balaban J connectivity index is 2.59. The molecular weight excluding hydrogens is 266 g/mol. The van der Waals surface area contributed by atoms with Crippen molar-refractivity contribution in [2.75, 3.05) is 11.9 Å². The number of alkyl halides is 1. The van der Waals surface area contributed by atoms with Gasteiger partial charge in [-0.15, -0.1) is 0 Å². The number of carbonyl (C=O) groups is 1. The first-order chi connectivity index (χ1) is 7.77. The van der Waals surface area contributed by atoms with Crippen LogP contribution in [0.2, 0.25) is 0 Å². The van der Waals surface area contributed by atoms with Crippen LogP contribution in [0.3, 0.4) is 0 Å². The molecule has 0 aliphatic heterocycles. The van der Waals surface area contributed by atoms with Gasteiger partial charge >= 0.3 is 0 Å². The van der Waals surface area contributed by atoms with E-state index < -0.39 is 0 Å². The molecule has 2 nitrogen and oxygen atoms in total. The molecule has 0 aliphatic carbocycles. The minimum atomic E-state index is 0.164. The molecule has 1 amide bonds. The maximum Gasteiger partial charge on any atom is 0.233 e. The highest BCUT2D eigenvalue weighted by Gasteiger charge is 2.11. The third-order valence-electron chi connectivity index (χ3n) is 2.46. The van der Waals surface area contributed by atoms with Gasteiger partial charge in [0.15, 0.2) is 0 Å². The normalized spacial score (nSPS) is 10.1. The summed E-state index contributed by atoms with van der Waals surface area (Å²) in [5.74, 6) is 0.164. The van der Waals surface area contributed by atoms with Crippen molar-refractivity contribution in [1.29, 1.82) is 0 Å². The van der Waals surface area contributed by atoms with E-state index in [4.69, 9.17) is 0 Å². The molecule has 1 rings (SSSR count). The molecule has 0 aliphatic rings. The molecule has 0 unspecified atom stereocenters. The SMILES string of the molecule is CCCCN(Cc1ccccc1)C(=O)CBr. The average molecular weight is 284 g/mol. The molecule has 0 radical (unpaired) electrons. The zero-order chi connectivity index (χ0) is 11.8. The minimum Gasteiger partial charge on any atom is -0.338 e. The van der Waals surface area contributed by atoms with Crippen molar-refractivity contribution in [3.05, 3.63) is 35.9 Å². The van der Waals surface area contributed by atoms with Gasteiger partial charge in [0.05, 0.1) is 5.33 Å². The number of halogens is 1. The Kier molecular flexibility index (Phi) is 6.16. The van der Waals surface area contributed by atoms with E-state index in [1.54, 1.807) is 0 Å². The zero-order valence-corrected chi connectivity index (χ0v) is 11.2. The molecule has 0 N–H and O–H groups in total. The lowest BCUT2D eigenvalue weighted by atomic mass is 10.2. The van der Waals surface area contributed by atoms with Gasteiger partial charge < -0.3 is 4.90 Å². The fourth-order valence-corrected chi connectivity index (χ4v) is 1.88. The maximum atomic E-state index is 11.7. The molecule has 0 fully saturated rings. The first-order valence-electron chi connectivity index (χ1n) is 5.65. The number of unbranched alkanes of at least 4 members (excludes halogenated alkanes) is 1. The van der Waals surface area contributed by atoms with Gasteiger partial charge in [0.2, 0.25) is 5.91 Å². The fraction of sp³-hybridized carbons (Fsp3) is 0.462. The topological polar surface area (TPSA) is 20.3 Å². The van der Waals surface area contributed by atoms with Crippen molar-refractivity contribution in [3.63, 3.8) is 0 Å². The third kappa shape index (κ3) is 4.35. The summed E-state index contributed by atoms with van der Waals surface area (Å²) in [6.07, 6.45) is 2.17. The van der Waals surface area contributed by atoms with Crippen molar-refractivity contribution >= 4 is 21.8 Å². The molecule has 1 aromatic carbocycles. The predicted octanol–water partition coefficient (Wildman–Crippen LogP) is 3.21. The quantitative estimate of drug-likeness (QED) is 0.734. The molecule has 0 atom stereocenters. The van der Waals surface area contributed by atoms with Crippen molar-refractivity contribution < 1.29 is 4.79 Å². The van der Waals surface area contributed by atoms with Crippen LogP contribution in [-0.2, 0) is 11.3 Å². The second-order valence-electron chi connectivity index (χ2n) is 3.79. The number of benzene rings is 1. The lowest BCUT2D eigenvalue weighted by Crippen LogP contribution is -2.32. The molecule has 1 aromatic rings. The number of amides is 1. The summed E-state index contributed by atoms with van der Waals surface area (Å²) >= 11 is 3.23. The van der Waals surface area contributed by atoms with Crippen LogP contribution in [0.1, 0.15) is 25.3 Å². The van der Waals surface area contributed by atoms with Crippen LogP contribution in [0.15, 0.2) is 30.3 Å². The summed E-state index contributed by atoms with van der Waals surface area (Å²) in [5, 5.41) is 0.406. The summed E-state index contributed by atoms with van der Waals surface area (Å²) in [4.78, 5) is 13.6. The minimum absolute atomic E-state index is 0.164. The first-order valence-corrected chi connectivity index (χ1v) is 6.77. The van der Waals surface area contributed by atoms with Crippen LogP contribution in [0, 0.1) is 0 Å². The summed E-state index contributed by atoms with van der Waals surface area (Å²) in [6.45, 7) is 3.69. The Morgan fingerprint density at radius 1 is 1.31 bits per heavy atom. The van der Waals surface area contributed by atoms with Gasteiger partial charge in [0.1, 0.15) is 0 Å². The van der Waals surface area contributed by atoms with Crippen molar-refractivity contribution in [3.8, 4) is 0 Å². The summed E-state index contributed by atoms with van der Waals surface area (Å²) in [6, 6.07) is 10.1. The van der Waals surface area contributed by atoms with E-state index in [2.05, 4.69) is 35.0 Å². The van der Waals surface area contributed by atoms with Gasteiger partial charge in [-0.2, -0.15) is 0 Å². The highest BCUT2D eigenvalue weighted by atomic mass is 79.9. The van der Waals surface area contributed by atoms with E-state index in [9.17, 15) is 4.79 Å². The van der Waals surface area contributed by atoms with Crippen LogP contribution in [0.25, 0.3) is 0 Å². The van der Waals surface area contributed by atoms with E-state index in [1.165, 1.54) is 5.56 Å². The number of carbonyl (C=O) groups excluding carboxylic acids is 1. The van der Waals surface area contributed by atoms with Gasteiger partial charge in [-0.1, -0.05) is 59.6 Å². The number of rotatable bonds is 6. The lowest BCUT2D eigenvalue weighted by Gasteiger charge is -2.21. The van der Waals surface area contributed by atoms with E-state index >= 15 is 0 Å². The number of hydrogen-bond acceptors (Lipinski definition) is 1. The second-order valence-corrected chi connectivity index (χ2v) is 4.35. The fourth-order valence-electron chi connectivity index (χ4n) is 1.53. The monoisotopic (exact) mass is 283 g/mol. The molecule has 0 saturated carbocycles. The Labute approximate surface area is 106 Å². The maximum absolute atomic E-state index is 11.7. The largest absolute Gasteiger partial charge is 0.338 e. The van der Waals surface area contributed by atoms with E-state index in [0.717, 1.165) is 19.4 Å². The van der Waals surface area contributed by atoms with Crippen LogP contribution in [0.5, 0.6) is 0 Å². The number of hydrogen-bond donors (Lipinski definition) is 0. The van der Waals surface area contributed by atoms with Gasteiger partial charge in [0.25, 0.3) is 0 Å². The summed E-state index contributed by atoms with van der Waals surface area (Å²) < 4.78 is 0. The molecule has 0 aromatic heterocycles. The molecule has 0 spiro atoms. The van der Waals surface area contributed by atoms with Crippen molar-refractivity contribution in [2.45, 2.75) is 26.3 Å². The average Bonchev–Trinajstić information content (AvgIpc) is 2.34. The second kappa shape index (κ2) is 7.44. The van der Waals surface area contributed by atoms with Crippen LogP contribution < -0.4 is 0 Å². The molecular formula is C13H18BrNO. The molecule has 88 valence electrons. The van der Waals surface area contributed by atoms with E-state index in [1.807, 2.05) is 23.1 Å². The van der Waals surface area contributed by atoms with Crippen LogP contribution >= 0.6 is 15.9 Å². The Morgan fingerprint density at radius 2 is 2.00 bits per heavy atom. The van der Waals surface area contributed by atoms with Crippen molar-refractivity contribution in [1.82, 2.24) is 4.90 Å². The van der Waals surface area contributed by atoms with Gasteiger partial charge in [-0.3, -0.25) is 4.79 Å². The zero-order valence-electron chi connectivity index (χ0n) is 9.66. The standard InChI is InChI=1S/C13H18BrNO/c1-2-3-9-15(13(16)10-14)11-12-7-5-4-6-8-12/h4-8H,2-3,9-11H2,1H3. The lowest BCUT2D eigenvalue weighted by molar-refractivity contribution is -0.128. The van der Waals surface area contributed by atoms with Crippen LogP contribution in [-0.4, -0.2) is 22.7 Å². The predicted molar refractivity (Wildman–Crippen MR) is 70.6 cm³/mol. The van der Waals surface area contributed by atoms with Gasteiger partial charge in [-0.25, -0.2) is 0 Å². The van der Waals surface area contributed by atoms with Crippen LogP contribution in [0.4, 0.5) is 0 Å². The number of nitrogens with zero attached hydrogens (tertiary/aromatic N) is 1. The van der Waals surface area contributed by atoms with E-state index in [0.29, 0.717) is 11.9 Å². The highest BCUT2D eigenvalue weighted by molar-refractivity contribution is 9.09.